The Hall–Kier alpha value is -0.970. The minimum atomic E-state index is 0.142. The number of hydrogen-bond acceptors (Lipinski definition) is 5. The number of anilines is 1. The van der Waals surface area contributed by atoms with Gasteiger partial charge >= 0.3 is 0 Å². The first kappa shape index (κ1) is 13.5. The Bertz CT molecular complexity index is 367. The molecule has 0 radical (unpaired) electrons. The lowest BCUT2D eigenvalue weighted by molar-refractivity contribution is 0.232. The van der Waals surface area contributed by atoms with Crippen LogP contribution in [0.4, 0.5) is 5.82 Å². The van der Waals surface area contributed by atoms with Crippen molar-refractivity contribution in [1.82, 2.24) is 9.97 Å². The van der Waals surface area contributed by atoms with Crippen LogP contribution in [0.1, 0.15) is 26.7 Å². The largest absolute Gasteiger partial charge is 0.475 e. The Kier molecular flexibility index (Phi) is 5.11. The van der Waals surface area contributed by atoms with Gasteiger partial charge in [-0.15, -0.1) is 0 Å². The molecular formula is C13H21N3OS. The number of aromatic nitrogens is 2. The number of ether oxygens (including phenoxy) is 1. The topological polar surface area (TPSA) is 47.0 Å². The molecule has 1 saturated heterocycles. The highest BCUT2D eigenvalue weighted by Gasteiger charge is 2.13. The Morgan fingerprint density at radius 3 is 2.89 bits per heavy atom. The van der Waals surface area contributed by atoms with E-state index in [4.69, 9.17) is 4.74 Å². The van der Waals surface area contributed by atoms with Gasteiger partial charge in [0.15, 0.2) is 0 Å². The van der Waals surface area contributed by atoms with E-state index in [-0.39, 0.29) is 6.10 Å². The first-order chi connectivity index (χ1) is 8.74. The quantitative estimate of drug-likeness (QED) is 0.889. The smallest absolute Gasteiger partial charge is 0.218 e. The fourth-order valence-electron chi connectivity index (χ4n) is 1.94. The Balaban J connectivity index is 1.84. The number of rotatable bonds is 5. The van der Waals surface area contributed by atoms with Crippen LogP contribution in [0.15, 0.2) is 12.4 Å². The highest BCUT2D eigenvalue weighted by Crippen LogP contribution is 2.23. The first-order valence-corrected chi connectivity index (χ1v) is 7.70. The van der Waals surface area contributed by atoms with E-state index < -0.39 is 0 Å². The molecule has 1 aliphatic heterocycles. The van der Waals surface area contributed by atoms with Crippen LogP contribution in [0.5, 0.6) is 5.88 Å². The maximum absolute atomic E-state index is 5.55. The molecule has 0 spiro atoms. The summed E-state index contributed by atoms with van der Waals surface area (Å²) in [6.45, 7) is 4.99. The van der Waals surface area contributed by atoms with E-state index in [0.717, 1.165) is 18.3 Å². The fourth-order valence-corrected chi connectivity index (χ4v) is 3.15. The van der Waals surface area contributed by atoms with Crippen molar-refractivity contribution in [3.63, 3.8) is 0 Å². The second kappa shape index (κ2) is 6.83. The average Bonchev–Trinajstić information content (AvgIpc) is 2.37. The van der Waals surface area contributed by atoms with E-state index >= 15 is 0 Å². The average molecular weight is 267 g/mol. The maximum atomic E-state index is 5.55. The Morgan fingerprint density at radius 1 is 1.39 bits per heavy atom. The van der Waals surface area contributed by atoms with Crippen LogP contribution in [-0.2, 0) is 0 Å². The molecule has 0 amide bonds. The van der Waals surface area contributed by atoms with Crippen molar-refractivity contribution >= 4 is 17.6 Å². The molecule has 18 heavy (non-hydrogen) atoms. The van der Waals surface area contributed by atoms with Crippen molar-refractivity contribution in [2.24, 2.45) is 5.92 Å². The molecule has 0 unspecified atom stereocenters. The van der Waals surface area contributed by atoms with E-state index in [0.29, 0.717) is 5.88 Å². The van der Waals surface area contributed by atoms with Crippen LogP contribution in [0.2, 0.25) is 0 Å². The molecule has 100 valence electrons. The molecule has 1 N–H and O–H groups in total. The predicted octanol–water partition coefficient (Wildman–Crippen LogP) is 2.82. The van der Waals surface area contributed by atoms with Crippen molar-refractivity contribution in [2.75, 3.05) is 23.4 Å². The molecule has 0 bridgehead atoms. The van der Waals surface area contributed by atoms with E-state index in [1.165, 1.54) is 24.3 Å². The number of hydrogen-bond donors (Lipinski definition) is 1. The second-order valence-corrected chi connectivity index (χ2v) is 6.07. The number of thioether (sulfide) groups is 1. The molecule has 1 aromatic rings. The van der Waals surface area contributed by atoms with Gasteiger partial charge in [0.1, 0.15) is 12.1 Å². The third kappa shape index (κ3) is 4.37. The van der Waals surface area contributed by atoms with Crippen molar-refractivity contribution in [3.8, 4) is 5.88 Å². The van der Waals surface area contributed by atoms with Gasteiger partial charge < -0.3 is 10.1 Å². The van der Waals surface area contributed by atoms with Crippen molar-refractivity contribution < 1.29 is 4.74 Å². The van der Waals surface area contributed by atoms with E-state index in [1.54, 1.807) is 6.33 Å². The number of nitrogens with zero attached hydrogens (tertiary/aromatic N) is 2. The van der Waals surface area contributed by atoms with Crippen LogP contribution in [-0.4, -0.2) is 34.1 Å². The van der Waals surface area contributed by atoms with E-state index in [2.05, 4.69) is 27.0 Å². The summed E-state index contributed by atoms with van der Waals surface area (Å²) in [6.07, 6.45) is 4.30. The SMILES string of the molecule is CC(C)Oc1cc(NCC2CCSCC2)ncn1. The van der Waals surface area contributed by atoms with Crippen molar-refractivity contribution in [2.45, 2.75) is 32.8 Å². The van der Waals surface area contributed by atoms with Gasteiger partial charge in [-0.3, -0.25) is 0 Å². The summed E-state index contributed by atoms with van der Waals surface area (Å²) in [5.41, 5.74) is 0. The van der Waals surface area contributed by atoms with Crippen LogP contribution in [0.3, 0.4) is 0 Å². The minimum Gasteiger partial charge on any atom is -0.475 e. The zero-order valence-electron chi connectivity index (χ0n) is 11.1. The molecule has 5 heteroatoms. The van der Waals surface area contributed by atoms with Gasteiger partial charge in [-0.25, -0.2) is 9.97 Å². The standard InChI is InChI=1S/C13H21N3OS/c1-10(2)17-13-7-12(15-9-16-13)14-8-11-3-5-18-6-4-11/h7,9-11H,3-6,8H2,1-2H3,(H,14,15,16). The summed E-state index contributed by atoms with van der Waals surface area (Å²) in [5, 5.41) is 3.39. The molecule has 0 atom stereocenters. The summed E-state index contributed by atoms with van der Waals surface area (Å²) in [5.74, 6) is 4.85. The molecule has 2 rings (SSSR count). The van der Waals surface area contributed by atoms with Gasteiger partial charge in [0.2, 0.25) is 5.88 Å². The lowest BCUT2D eigenvalue weighted by atomic mass is 10.0. The van der Waals surface area contributed by atoms with Crippen LogP contribution >= 0.6 is 11.8 Å². The van der Waals surface area contributed by atoms with Crippen molar-refractivity contribution in [1.29, 1.82) is 0 Å². The highest BCUT2D eigenvalue weighted by atomic mass is 32.2. The minimum absolute atomic E-state index is 0.142. The first-order valence-electron chi connectivity index (χ1n) is 6.54. The zero-order chi connectivity index (χ0) is 12.8. The summed E-state index contributed by atoms with van der Waals surface area (Å²) >= 11 is 2.06. The predicted molar refractivity (Wildman–Crippen MR) is 76.3 cm³/mol. The third-order valence-electron chi connectivity index (χ3n) is 2.91. The molecule has 1 aliphatic rings. The van der Waals surface area contributed by atoms with Crippen LogP contribution in [0.25, 0.3) is 0 Å². The van der Waals surface area contributed by atoms with E-state index in [9.17, 15) is 0 Å². The zero-order valence-corrected chi connectivity index (χ0v) is 11.9. The maximum Gasteiger partial charge on any atom is 0.218 e. The summed E-state index contributed by atoms with van der Waals surface area (Å²) in [7, 11) is 0. The van der Waals surface area contributed by atoms with Crippen LogP contribution in [0, 0.1) is 5.92 Å². The number of nitrogens with one attached hydrogen (secondary N) is 1. The van der Waals surface area contributed by atoms with Gasteiger partial charge in [0, 0.05) is 12.6 Å². The molecule has 0 saturated carbocycles. The molecule has 0 aromatic carbocycles. The molecular weight excluding hydrogens is 246 g/mol. The lowest BCUT2D eigenvalue weighted by Gasteiger charge is -2.21. The third-order valence-corrected chi connectivity index (χ3v) is 3.96. The Morgan fingerprint density at radius 2 is 2.17 bits per heavy atom. The normalized spacial score (nSPS) is 16.8. The Labute approximate surface area is 113 Å². The summed E-state index contributed by atoms with van der Waals surface area (Å²) in [4.78, 5) is 8.32. The second-order valence-electron chi connectivity index (χ2n) is 4.84. The van der Waals surface area contributed by atoms with Crippen LogP contribution < -0.4 is 10.1 Å². The molecule has 2 heterocycles. The van der Waals surface area contributed by atoms with E-state index in [1.807, 2.05) is 19.9 Å². The van der Waals surface area contributed by atoms with Gasteiger partial charge in [-0.1, -0.05) is 0 Å². The van der Waals surface area contributed by atoms with Gasteiger partial charge in [-0.05, 0) is 44.1 Å². The summed E-state index contributed by atoms with van der Waals surface area (Å²) < 4.78 is 5.55. The molecule has 1 aromatic heterocycles. The van der Waals surface area contributed by atoms with Gasteiger partial charge in [0.05, 0.1) is 6.10 Å². The van der Waals surface area contributed by atoms with Gasteiger partial charge in [0.25, 0.3) is 0 Å². The highest BCUT2D eigenvalue weighted by molar-refractivity contribution is 7.99. The fraction of sp³-hybridized carbons (Fsp3) is 0.692. The molecule has 4 nitrogen and oxygen atoms in total. The summed E-state index contributed by atoms with van der Waals surface area (Å²) in [6, 6.07) is 1.87. The van der Waals surface area contributed by atoms with Crippen molar-refractivity contribution in [3.05, 3.63) is 12.4 Å². The lowest BCUT2D eigenvalue weighted by Crippen LogP contribution is -2.19. The monoisotopic (exact) mass is 267 g/mol. The molecule has 1 fully saturated rings. The molecule has 0 aliphatic carbocycles. The van der Waals surface area contributed by atoms with Gasteiger partial charge in [-0.2, -0.15) is 11.8 Å².